The van der Waals surface area contributed by atoms with Gasteiger partial charge in [-0.3, -0.25) is 0 Å². The van der Waals surface area contributed by atoms with Crippen LogP contribution in [0.15, 0.2) is 35.1 Å². The van der Waals surface area contributed by atoms with E-state index in [2.05, 4.69) is 34.0 Å². The molecular weight excluding hydrogens is 254 g/mol. The molecule has 1 aromatic carbocycles. The number of halogens is 1. The second kappa shape index (κ2) is 4.16. The van der Waals surface area contributed by atoms with E-state index in [1.807, 2.05) is 22.9 Å². The zero-order chi connectivity index (χ0) is 10.8. The van der Waals surface area contributed by atoms with Crippen LogP contribution in [0.25, 0.3) is 5.69 Å². The number of rotatable bonds is 2. The second-order valence-corrected chi connectivity index (χ2v) is 4.11. The van der Waals surface area contributed by atoms with Gasteiger partial charge in [0.1, 0.15) is 4.60 Å². The summed E-state index contributed by atoms with van der Waals surface area (Å²) in [5.74, 6) is 0. The molecule has 0 saturated carbocycles. The highest BCUT2D eigenvalue weighted by atomic mass is 79.9. The number of benzene rings is 1. The third-order valence-electron chi connectivity index (χ3n) is 2.34. The molecule has 0 aliphatic heterocycles. The molecule has 0 saturated heterocycles. The van der Waals surface area contributed by atoms with Gasteiger partial charge in [0, 0.05) is 12.1 Å². The van der Waals surface area contributed by atoms with Crippen LogP contribution < -0.4 is 5.73 Å². The van der Waals surface area contributed by atoms with Gasteiger partial charge in [0.05, 0.1) is 11.9 Å². The predicted octanol–water partition coefficient (Wildman–Crippen LogP) is 2.40. The number of aryl methyl sites for hydroxylation is 1. The van der Waals surface area contributed by atoms with E-state index in [-0.39, 0.29) is 0 Å². The molecule has 0 radical (unpaired) electrons. The summed E-state index contributed by atoms with van der Waals surface area (Å²) in [7, 11) is 0. The van der Waals surface area contributed by atoms with Gasteiger partial charge in [0.2, 0.25) is 0 Å². The molecular formula is C11H12BrN3. The molecule has 0 aliphatic carbocycles. The largest absolute Gasteiger partial charge is 0.326 e. The van der Waals surface area contributed by atoms with Crippen molar-refractivity contribution in [3.8, 4) is 5.69 Å². The van der Waals surface area contributed by atoms with E-state index in [9.17, 15) is 0 Å². The molecule has 1 heterocycles. The summed E-state index contributed by atoms with van der Waals surface area (Å²) in [6, 6.07) is 8.11. The summed E-state index contributed by atoms with van der Waals surface area (Å²) in [6.45, 7) is 2.55. The Bertz CT molecular complexity index is 476. The summed E-state index contributed by atoms with van der Waals surface area (Å²) in [6.07, 6.45) is 1.79. The van der Waals surface area contributed by atoms with Crippen molar-refractivity contribution >= 4 is 15.9 Å². The molecule has 4 heteroatoms. The summed E-state index contributed by atoms with van der Waals surface area (Å²) in [5.41, 5.74) is 8.87. The zero-order valence-corrected chi connectivity index (χ0v) is 10.0. The second-order valence-electron chi connectivity index (χ2n) is 3.36. The van der Waals surface area contributed by atoms with Crippen LogP contribution in [0.4, 0.5) is 0 Å². The molecule has 2 rings (SSSR count). The minimum absolute atomic E-state index is 0.493. The van der Waals surface area contributed by atoms with Crippen molar-refractivity contribution in [2.75, 3.05) is 0 Å². The Hall–Kier alpha value is -1.13. The van der Waals surface area contributed by atoms with E-state index in [1.54, 1.807) is 6.20 Å². The van der Waals surface area contributed by atoms with E-state index in [0.29, 0.717) is 6.54 Å². The number of nitrogens with two attached hydrogens (primary N) is 1. The van der Waals surface area contributed by atoms with E-state index >= 15 is 0 Å². The molecule has 2 N–H and O–H groups in total. The van der Waals surface area contributed by atoms with Crippen LogP contribution in [0.5, 0.6) is 0 Å². The van der Waals surface area contributed by atoms with Crippen molar-refractivity contribution < 1.29 is 0 Å². The predicted molar refractivity (Wildman–Crippen MR) is 63.9 cm³/mol. The first-order chi connectivity index (χ1) is 7.24. The first kappa shape index (κ1) is 10.4. The summed E-state index contributed by atoms with van der Waals surface area (Å²) in [4.78, 5) is 0. The molecule has 0 aliphatic rings. The van der Waals surface area contributed by atoms with Crippen LogP contribution in [-0.4, -0.2) is 9.78 Å². The van der Waals surface area contributed by atoms with E-state index in [4.69, 9.17) is 5.73 Å². The van der Waals surface area contributed by atoms with Crippen LogP contribution in [0.1, 0.15) is 11.1 Å². The summed E-state index contributed by atoms with van der Waals surface area (Å²) < 4.78 is 2.79. The minimum atomic E-state index is 0.493. The smallest absolute Gasteiger partial charge is 0.114 e. The molecule has 1 aromatic heterocycles. The Morgan fingerprint density at radius 1 is 1.40 bits per heavy atom. The molecule has 0 amide bonds. The van der Waals surface area contributed by atoms with Crippen molar-refractivity contribution in [3.63, 3.8) is 0 Å². The van der Waals surface area contributed by atoms with E-state index < -0.39 is 0 Å². The fraction of sp³-hybridized carbons (Fsp3) is 0.182. The molecule has 0 unspecified atom stereocenters. The summed E-state index contributed by atoms with van der Waals surface area (Å²) >= 11 is 3.50. The lowest BCUT2D eigenvalue weighted by molar-refractivity contribution is 0.851. The number of hydrogen-bond donors (Lipinski definition) is 1. The monoisotopic (exact) mass is 265 g/mol. The van der Waals surface area contributed by atoms with Crippen molar-refractivity contribution in [1.82, 2.24) is 9.78 Å². The lowest BCUT2D eigenvalue weighted by atomic mass is 10.2. The lowest BCUT2D eigenvalue weighted by Gasteiger charge is -2.06. The van der Waals surface area contributed by atoms with Gasteiger partial charge in [-0.15, -0.1) is 0 Å². The molecule has 0 atom stereocenters. The number of nitrogens with zero attached hydrogens (tertiary/aromatic N) is 2. The zero-order valence-electron chi connectivity index (χ0n) is 8.44. The highest BCUT2D eigenvalue weighted by Crippen LogP contribution is 2.22. The van der Waals surface area contributed by atoms with Crippen molar-refractivity contribution in [2.24, 2.45) is 5.73 Å². The highest BCUT2D eigenvalue weighted by molar-refractivity contribution is 9.10. The average molecular weight is 266 g/mol. The standard InChI is InChI=1S/C11H12BrN3/c1-8-4-2-3-5-10(8)15-11(12)9(6-13)7-14-15/h2-5,7H,6,13H2,1H3. The SMILES string of the molecule is Cc1ccccc1-n1ncc(CN)c1Br. The molecule has 78 valence electrons. The first-order valence-corrected chi connectivity index (χ1v) is 5.52. The van der Waals surface area contributed by atoms with Crippen molar-refractivity contribution in [2.45, 2.75) is 13.5 Å². The van der Waals surface area contributed by atoms with Crippen LogP contribution in [0.3, 0.4) is 0 Å². The van der Waals surface area contributed by atoms with Gasteiger partial charge in [-0.25, -0.2) is 4.68 Å². The van der Waals surface area contributed by atoms with Gasteiger partial charge in [-0.1, -0.05) is 18.2 Å². The van der Waals surface area contributed by atoms with Crippen LogP contribution in [0, 0.1) is 6.92 Å². The maximum absolute atomic E-state index is 5.60. The third-order valence-corrected chi connectivity index (χ3v) is 3.19. The van der Waals surface area contributed by atoms with Crippen molar-refractivity contribution in [3.05, 3.63) is 46.2 Å². The van der Waals surface area contributed by atoms with E-state index in [1.165, 1.54) is 5.56 Å². The number of aromatic nitrogens is 2. The van der Waals surface area contributed by atoms with Gasteiger partial charge >= 0.3 is 0 Å². The Labute approximate surface area is 97.0 Å². The molecule has 3 nitrogen and oxygen atoms in total. The molecule has 2 aromatic rings. The Morgan fingerprint density at radius 2 is 2.13 bits per heavy atom. The van der Waals surface area contributed by atoms with Gasteiger partial charge < -0.3 is 5.73 Å². The van der Waals surface area contributed by atoms with Gasteiger partial charge in [-0.05, 0) is 34.5 Å². The van der Waals surface area contributed by atoms with Crippen LogP contribution >= 0.6 is 15.9 Å². The van der Waals surface area contributed by atoms with Gasteiger partial charge in [0.15, 0.2) is 0 Å². The Kier molecular flexibility index (Phi) is 2.88. The first-order valence-electron chi connectivity index (χ1n) is 4.72. The fourth-order valence-corrected chi connectivity index (χ4v) is 2.02. The minimum Gasteiger partial charge on any atom is -0.326 e. The number of para-hydroxylation sites is 1. The maximum Gasteiger partial charge on any atom is 0.114 e. The Balaban J connectivity index is 2.55. The summed E-state index contributed by atoms with van der Waals surface area (Å²) in [5, 5.41) is 4.31. The van der Waals surface area contributed by atoms with Gasteiger partial charge in [-0.2, -0.15) is 5.10 Å². The van der Waals surface area contributed by atoms with Gasteiger partial charge in [0.25, 0.3) is 0 Å². The third kappa shape index (κ3) is 1.82. The quantitative estimate of drug-likeness (QED) is 0.907. The number of hydrogen-bond acceptors (Lipinski definition) is 2. The molecule has 15 heavy (non-hydrogen) atoms. The van der Waals surface area contributed by atoms with Crippen LogP contribution in [-0.2, 0) is 6.54 Å². The van der Waals surface area contributed by atoms with E-state index in [0.717, 1.165) is 15.9 Å². The lowest BCUT2D eigenvalue weighted by Crippen LogP contribution is -2.00. The normalized spacial score (nSPS) is 10.6. The van der Waals surface area contributed by atoms with Crippen LogP contribution in [0.2, 0.25) is 0 Å². The molecule has 0 fully saturated rings. The maximum atomic E-state index is 5.60. The Morgan fingerprint density at radius 3 is 2.73 bits per heavy atom. The molecule has 0 spiro atoms. The topological polar surface area (TPSA) is 43.8 Å². The average Bonchev–Trinajstić information content (AvgIpc) is 2.60. The fourth-order valence-electron chi connectivity index (χ4n) is 1.47. The van der Waals surface area contributed by atoms with Crippen molar-refractivity contribution in [1.29, 1.82) is 0 Å². The molecule has 0 bridgehead atoms. The highest BCUT2D eigenvalue weighted by Gasteiger charge is 2.09.